The molecule has 2 amide bonds. The zero-order valence-electron chi connectivity index (χ0n) is 16.3. The van der Waals surface area contributed by atoms with Gasteiger partial charge in [-0.25, -0.2) is 9.18 Å². The van der Waals surface area contributed by atoms with E-state index in [1.165, 1.54) is 17.7 Å². The van der Waals surface area contributed by atoms with Gasteiger partial charge in [0.2, 0.25) is 0 Å². The molecule has 0 radical (unpaired) electrons. The van der Waals surface area contributed by atoms with Gasteiger partial charge in [-0.3, -0.25) is 0 Å². The fourth-order valence-electron chi connectivity index (χ4n) is 3.93. The maximum Gasteiger partial charge on any atom is 0.318 e. The number of hydrogen-bond acceptors (Lipinski definition) is 2. The number of H-pyrrole nitrogens is 1. The van der Waals surface area contributed by atoms with Gasteiger partial charge in [0.1, 0.15) is 11.6 Å². The number of methoxy groups -OCH3 is 1. The molecule has 4 rings (SSSR count). The predicted octanol–water partition coefficient (Wildman–Crippen LogP) is 4.38. The zero-order chi connectivity index (χ0) is 19.8. The Morgan fingerprint density at radius 1 is 1.25 bits per heavy atom. The molecule has 1 aliphatic rings. The van der Waals surface area contributed by atoms with Crippen LogP contribution in [-0.2, 0) is 6.42 Å². The molecule has 1 aliphatic heterocycles. The Bertz CT molecular complexity index is 1010. The van der Waals surface area contributed by atoms with E-state index in [2.05, 4.69) is 10.3 Å². The summed E-state index contributed by atoms with van der Waals surface area (Å²) in [6.45, 7) is 4.46. The monoisotopic (exact) mass is 381 g/mol. The van der Waals surface area contributed by atoms with Crippen molar-refractivity contribution in [3.05, 3.63) is 65.1 Å². The highest BCUT2D eigenvalue weighted by atomic mass is 19.1. The van der Waals surface area contributed by atoms with Crippen LogP contribution in [0.25, 0.3) is 10.9 Å². The standard InChI is InChI=1S/C22H24FN3O2/c1-13(2)24-22(27)26-11-10-17-18-12-16(28-3)8-9-19(18)25-20(17)21(26)14-4-6-15(23)7-5-14/h4-9,12-13,21,25H,10-11H2,1-3H3,(H,24,27)/t21-/m1/s1. The minimum atomic E-state index is -0.304. The number of hydrogen-bond donors (Lipinski definition) is 2. The van der Waals surface area contributed by atoms with Gasteiger partial charge in [-0.15, -0.1) is 0 Å². The highest BCUT2D eigenvalue weighted by Gasteiger charge is 2.34. The van der Waals surface area contributed by atoms with Gasteiger partial charge in [-0.2, -0.15) is 0 Å². The molecule has 0 saturated heterocycles. The molecule has 2 heterocycles. The molecule has 2 N–H and O–H groups in total. The first-order chi connectivity index (χ1) is 13.5. The first kappa shape index (κ1) is 18.3. The lowest BCUT2D eigenvalue weighted by atomic mass is 9.92. The summed E-state index contributed by atoms with van der Waals surface area (Å²) in [7, 11) is 1.65. The normalized spacial score (nSPS) is 16.3. The van der Waals surface area contributed by atoms with Gasteiger partial charge in [-0.05, 0) is 61.7 Å². The van der Waals surface area contributed by atoms with E-state index < -0.39 is 0 Å². The number of nitrogens with zero attached hydrogens (tertiary/aromatic N) is 1. The Balaban J connectivity index is 1.85. The molecular weight excluding hydrogens is 357 g/mol. The summed E-state index contributed by atoms with van der Waals surface area (Å²) in [4.78, 5) is 18.2. The fraction of sp³-hybridized carbons (Fsp3) is 0.318. The van der Waals surface area contributed by atoms with Gasteiger partial charge in [0, 0.05) is 29.2 Å². The van der Waals surface area contributed by atoms with E-state index in [0.29, 0.717) is 6.54 Å². The summed E-state index contributed by atoms with van der Waals surface area (Å²) < 4.78 is 18.9. The number of carbonyl (C=O) groups excluding carboxylic acids is 1. The van der Waals surface area contributed by atoms with Crippen LogP contribution in [0.3, 0.4) is 0 Å². The van der Waals surface area contributed by atoms with Crippen LogP contribution in [0.1, 0.15) is 36.7 Å². The molecule has 3 aromatic rings. The molecule has 0 spiro atoms. The van der Waals surface area contributed by atoms with Gasteiger partial charge in [0.15, 0.2) is 0 Å². The molecule has 0 bridgehead atoms. The van der Waals surface area contributed by atoms with Crippen molar-refractivity contribution in [2.45, 2.75) is 32.4 Å². The number of ether oxygens (including phenoxy) is 1. The number of urea groups is 1. The smallest absolute Gasteiger partial charge is 0.318 e. The number of halogens is 1. The fourth-order valence-corrected chi connectivity index (χ4v) is 3.93. The molecule has 146 valence electrons. The Morgan fingerprint density at radius 2 is 2.00 bits per heavy atom. The second kappa shape index (κ2) is 7.19. The van der Waals surface area contributed by atoms with Crippen molar-refractivity contribution < 1.29 is 13.9 Å². The van der Waals surface area contributed by atoms with Crippen LogP contribution in [-0.4, -0.2) is 35.6 Å². The van der Waals surface area contributed by atoms with Crippen LogP contribution in [0.2, 0.25) is 0 Å². The SMILES string of the molecule is COc1ccc2[nH]c3c(c2c1)CCN(C(=O)NC(C)C)[C@@H]3c1ccc(F)cc1. The molecule has 6 heteroatoms. The molecule has 2 aromatic carbocycles. The maximum absolute atomic E-state index is 13.5. The predicted molar refractivity (Wildman–Crippen MR) is 107 cm³/mol. The molecular formula is C22H24FN3O2. The van der Waals surface area contributed by atoms with Crippen molar-refractivity contribution in [1.82, 2.24) is 15.2 Å². The van der Waals surface area contributed by atoms with Gasteiger partial charge in [0.05, 0.1) is 13.2 Å². The third-order valence-corrected chi connectivity index (χ3v) is 5.19. The van der Waals surface area contributed by atoms with Crippen molar-refractivity contribution in [2.75, 3.05) is 13.7 Å². The van der Waals surface area contributed by atoms with Crippen molar-refractivity contribution in [2.24, 2.45) is 0 Å². The number of fused-ring (bicyclic) bond motifs is 3. The maximum atomic E-state index is 13.5. The summed E-state index contributed by atoms with van der Waals surface area (Å²) in [5, 5.41) is 4.09. The average Bonchev–Trinajstić information content (AvgIpc) is 3.05. The minimum absolute atomic E-state index is 0.0368. The van der Waals surface area contributed by atoms with Crippen LogP contribution in [0.4, 0.5) is 9.18 Å². The highest BCUT2D eigenvalue weighted by Crippen LogP contribution is 2.39. The summed E-state index contributed by atoms with van der Waals surface area (Å²) in [5.74, 6) is 0.506. The van der Waals surface area contributed by atoms with E-state index in [9.17, 15) is 9.18 Å². The molecule has 0 saturated carbocycles. The highest BCUT2D eigenvalue weighted by molar-refractivity contribution is 5.87. The largest absolute Gasteiger partial charge is 0.497 e. The molecule has 5 nitrogen and oxygen atoms in total. The van der Waals surface area contributed by atoms with Crippen molar-refractivity contribution >= 4 is 16.9 Å². The second-order valence-corrected chi connectivity index (χ2v) is 7.43. The number of amides is 2. The number of rotatable bonds is 3. The quantitative estimate of drug-likeness (QED) is 0.707. The Morgan fingerprint density at radius 3 is 2.68 bits per heavy atom. The topological polar surface area (TPSA) is 57.4 Å². The first-order valence-electron chi connectivity index (χ1n) is 9.49. The Hall–Kier alpha value is -3.02. The Labute approximate surface area is 163 Å². The van der Waals surface area contributed by atoms with E-state index >= 15 is 0 Å². The lowest BCUT2D eigenvalue weighted by Crippen LogP contribution is -2.47. The van der Waals surface area contributed by atoms with Crippen molar-refractivity contribution in [3.63, 3.8) is 0 Å². The van der Waals surface area contributed by atoms with E-state index in [-0.39, 0.29) is 23.9 Å². The third-order valence-electron chi connectivity index (χ3n) is 5.19. The van der Waals surface area contributed by atoms with Crippen LogP contribution >= 0.6 is 0 Å². The van der Waals surface area contributed by atoms with Crippen molar-refractivity contribution in [3.8, 4) is 5.75 Å². The zero-order valence-corrected chi connectivity index (χ0v) is 16.3. The molecule has 0 aliphatic carbocycles. The first-order valence-corrected chi connectivity index (χ1v) is 9.49. The number of aromatic amines is 1. The van der Waals surface area contributed by atoms with E-state index in [4.69, 9.17) is 4.74 Å². The molecule has 1 atom stereocenters. The summed E-state index contributed by atoms with van der Waals surface area (Å²) in [6, 6.07) is 11.9. The van der Waals surface area contributed by atoms with Gasteiger partial charge < -0.3 is 19.9 Å². The van der Waals surface area contributed by atoms with Crippen LogP contribution in [0.15, 0.2) is 42.5 Å². The van der Waals surface area contributed by atoms with Gasteiger partial charge in [0.25, 0.3) is 0 Å². The summed E-state index contributed by atoms with van der Waals surface area (Å²) >= 11 is 0. The lowest BCUT2D eigenvalue weighted by Gasteiger charge is -2.36. The van der Waals surface area contributed by atoms with Crippen molar-refractivity contribution in [1.29, 1.82) is 0 Å². The van der Waals surface area contributed by atoms with E-state index in [0.717, 1.165) is 34.3 Å². The molecule has 0 fully saturated rings. The molecule has 1 aromatic heterocycles. The van der Waals surface area contributed by atoms with E-state index in [1.54, 1.807) is 19.2 Å². The summed E-state index contributed by atoms with van der Waals surface area (Å²) in [5.41, 5.74) is 4.03. The summed E-state index contributed by atoms with van der Waals surface area (Å²) in [6.07, 6.45) is 0.742. The molecule has 28 heavy (non-hydrogen) atoms. The lowest BCUT2D eigenvalue weighted by molar-refractivity contribution is 0.177. The van der Waals surface area contributed by atoms with E-state index in [1.807, 2.05) is 36.9 Å². The Kier molecular flexibility index (Phi) is 4.71. The van der Waals surface area contributed by atoms with Crippen LogP contribution < -0.4 is 10.1 Å². The number of nitrogens with one attached hydrogen (secondary N) is 2. The number of carbonyl (C=O) groups is 1. The second-order valence-electron chi connectivity index (χ2n) is 7.43. The number of aromatic nitrogens is 1. The molecule has 0 unspecified atom stereocenters. The number of benzene rings is 2. The van der Waals surface area contributed by atoms with Crippen LogP contribution in [0.5, 0.6) is 5.75 Å². The van der Waals surface area contributed by atoms with Gasteiger partial charge in [-0.1, -0.05) is 12.1 Å². The third kappa shape index (κ3) is 3.19. The average molecular weight is 381 g/mol. The van der Waals surface area contributed by atoms with Crippen LogP contribution in [0, 0.1) is 5.82 Å². The minimum Gasteiger partial charge on any atom is -0.497 e. The van der Waals surface area contributed by atoms with Gasteiger partial charge >= 0.3 is 6.03 Å².